The first kappa shape index (κ1) is 17.5. The van der Waals surface area contributed by atoms with Crippen molar-refractivity contribution in [2.75, 3.05) is 19.0 Å². The topological polar surface area (TPSA) is 64.6 Å². The fourth-order valence-corrected chi connectivity index (χ4v) is 2.38. The van der Waals surface area contributed by atoms with E-state index >= 15 is 0 Å². The highest BCUT2D eigenvalue weighted by Crippen LogP contribution is 2.30. The van der Waals surface area contributed by atoms with Crippen molar-refractivity contribution in [1.29, 1.82) is 0 Å². The van der Waals surface area contributed by atoms with Gasteiger partial charge in [-0.3, -0.25) is 9.59 Å². The van der Waals surface area contributed by atoms with Gasteiger partial charge in [-0.25, -0.2) is 0 Å². The molecule has 0 spiro atoms. The fourth-order valence-electron chi connectivity index (χ4n) is 2.38. The number of methoxy groups -OCH3 is 1. The zero-order valence-corrected chi connectivity index (χ0v) is 14.0. The van der Waals surface area contributed by atoms with Gasteiger partial charge in [0.1, 0.15) is 0 Å². The van der Waals surface area contributed by atoms with Crippen LogP contribution < -0.4 is 14.8 Å². The van der Waals surface area contributed by atoms with E-state index in [0.717, 1.165) is 11.3 Å². The number of hydrogen-bond acceptors (Lipinski definition) is 4. The van der Waals surface area contributed by atoms with E-state index in [1.807, 2.05) is 24.3 Å². The van der Waals surface area contributed by atoms with Crippen molar-refractivity contribution in [3.8, 4) is 11.5 Å². The molecule has 0 aliphatic heterocycles. The summed E-state index contributed by atoms with van der Waals surface area (Å²) in [6.07, 6.45) is 0.670. The monoisotopic (exact) mass is 327 g/mol. The van der Waals surface area contributed by atoms with Crippen LogP contribution in [-0.4, -0.2) is 25.9 Å². The summed E-state index contributed by atoms with van der Waals surface area (Å²) in [6.45, 7) is 3.91. The average molecular weight is 327 g/mol. The fraction of sp³-hybridized carbons (Fsp3) is 0.263. The molecule has 0 unspecified atom stereocenters. The smallest absolute Gasteiger partial charge is 0.262 e. The van der Waals surface area contributed by atoms with Crippen LogP contribution in [-0.2, 0) is 4.79 Å². The molecule has 24 heavy (non-hydrogen) atoms. The number of benzene rings is 2. The third-order valence-electron chi connectivity index (χ3n) is 3.56. The van der Waals surface area contributed by atoms with Crippen LogP contribution in [0.5, 0.6) is 11.5 Å². The maximum atomic E-state index is 12.2. The molecule has 0 saturated carbocycles. The second-order valence-electron chi connectivity index (χ2n) is 5.58. The average Bonchev–Trinajstić information content (AvgIpc) is 2.59. The number of carbonyl (C=O) groups excluding carboxylic acids is 2. The predicted molar refractivity (Wildman–Crippen MR) is 93.0 cm³/mol. The highest BCUT2D eigenvalue weighted by Gasteiger charge is 2.13. The van der Waals surface area contributed by atoms with Crippen LogP contribution >= 0.6 is 0 Å². The van der Waals surface area contributed by atoms with E-state index in [4.69, 9.17) is 9.47 Å². The second kappa shape index (κ2) is 8.15. The second-order valence-corrected chi connectivity index (χ2v) is 5.58. The van der Waals surface area contributed by atoms with E-state index in [1.54, 1.807) is 18.2 Å². The van der Waals surface area contributed by atoms with Gasteiger partial charge in [0, 0.05) is 5.69 Å². The lowest BCUT2D eigenvalue weighted by Crippen LogP contribution is -2.21. The van der Waals surface area contributed by atoms with E-state index in [9.17, 15) is 9.59 Å². The highest BCUT2D eigenvalue weighted by atomic mass is 16.5. The number of carbonyl (C=O) groups is 2. The Labute approximate surface area is 141 Å². The van der Waals surface area contributed by atoms with Crippen molar-refractivity contribution in [3.63, 3.8) is 0 Å². The van der Waals surface area contributed by atoms with Gasteiger partial charge in [0.25, 0.3) is 5.91 Å². The summed E-state index contributed by atoms with van der Waals surface area (Å²) < 4.78 is 10.7. The molecule has 0 aliphatic rings. The van der Waals surface area contributed by atoms with Crippen molar-refractivity contribution >= 4 is 17.9 Å². The maximum Gasteiger partial charge on any atom is 0.262 e. The predicted octanol–water partition coefficient (Wildman–Crippen LogP) is 3.65. The molecule has 0 heterocycles. The number of aldehydes is 1. The number of nitrogens with one attached hydrogen (secondary N) is 1. The van der Waals surface area contributed by atoms with E-state index in [0.29, 0.717) is 23.5 Å². The quantitative estimate of drug-likeness (QED) is 0.788. The number of amides is 1. The summed E-state index contributed by atoms with van der Waals surface area (Å²) in [6, 6.07) is 12.6. The number of para-hydroxylation sites is 2. The first-order valence-electron chi connectivity index (χ1n) is 7.70. The number of hydrogen-bond donors (Lipinski definition) is 1. The normalized spacial score (nSPS) is 10.3. The Bertz CT molecular complexity index is 725. The van der Waals surface area contributed by atoms with E-state index < -0.39 is 0 Å². The Morgan fingerprint density at radius 2 is 1.92 bits per heavy atom. The third-order valence-corrected chi connectivity index (χ3v) is 3.56. The van der Waals surface area contributed by atoms with Crippen molar-refractivity contribution in [3.05, 3.63) is 53.6 Å². The van der Waals surface area contributed by atoms with E-state index in [2.05, 4.69) is 19.2 Å². The SMILES string of the molecule is COc1cccc(C=O)c1OCC(=O)Nc1ccccc1C(C)C. The lowest BCUT2D eigenvalue weighted by atomic mass is 10.0. The number of rotatable bonds is 7. The molecule has 2 aromatic rings. The first-order chi connectivity index (χ1) is 11.6. The third kappa shape index (κ3) is 4.13. The summed E-state index contributed by atoms with van der Waals surface area (Å²) in [5.41, 5.74) is 2.15. The van der Waals surface area contributed by atoms with Crippen molar-refractivity contribution in [2.24, 2.45) is 0 Å². The maximum absolute atomic E-state index is 12.2. The Morgan fingerprint density at radius 1 is 1.17 bits per heavy atom. The van der Waals surface area contributed by atoms with Gasteiger partial charge in [-0.2, -0.15) is 0 Å². The van der Waals surface area contributed by atoms with Gasteiger partial charge < -0.3 is 14.8 Å². The highest BCUT2D eigenvalue weighted by molar-refractivity contribution is 5.93. The summed E-state index contributed by atoms with van der Waals surface area (Å²) in [5.74, 6) is 0.668. The molecule has 0 radical (unpaired) electrons. The molecule has 0 saturated heterocycles. The molecule has 1 amide bonds. The van der Waals surface area contributed by atoms with Gasteiger partial charge >= 0.3 is 0 Å². The molecular weight excluding hydrogens is 306 g/mol. The van der Waals surface area contributed by atoms with Crippen LogP contribution in [0.2, 0.25) is 0 Å². The van der Waals surface area contributed by atoms with Crippen LogP contribution in [0.3, 0.4) is 0 Å². The van der Waals surface area contributed by atoms with E-state index in [1.165, 1.54) is 7.11 Å². The molecule has 5 nitrogen and oxygen atoms in total. The van der Waals surface area contributed by atoms with Crippen LogP contribution in [0.15, 0.2) is 42.5 Å². The van der Waals surface area contributed by atoms with Crippen LogP contribution in [0.4, 0.5) is 5.69 Å². The Balaban J connectivity index is 2.09. The molecule has 2 aromatic carbocycles. The van der Waals surface area contributed by atoms with Crippen LogP contribution in [0.1, 0.15) is 35.7 Å². The first-order valence-corrected chi connectivity index (χ1v) is 7.70. The summed E-state index contributed by atoms with van der Waals surface area (Å²) in [5, 5.41) is 2.84. The van der Waals surface area contributed by atoms with Gasteiger partial charge in [0.15, 0.2) is 24.4 Å². The molecular formula is C19H21NO4. The minimum absolute atomic E-state index is 0.215. The Kier molecular flexibility index (Phi) is 5.95. The lowest BCUT2D eigenvalue weighted by Gasteiger charge is -2.15. The Hall–Kier alpha value is -2.82. The molecule has 0 atom stereocenters. The summed E-state index contributed by atoms with van der Waals surface area (Å²) in [7, 11) is 1.48. The van der Waals surface area contributed by atoms with Gasteiger partial charge in [0.05, 0.1) is 12.7 Å². The zero-order valence-electron chi connectivity index (χ0n) is 14.0. The summed E-state index contributed by atoms with van der Waals surface area (Å²) in [4.78, 5) is 23.3. The van der Waals surface area contributed by atoms with Gasteiger partial charge in [0.2, 0.25) is 0 Å². The molecule has 5 heteroatoms. The summed E-state index contributed by atoms with van der Waals surface area (Å²) >= 11 is 0. The van der Waals surface area contributed by atoms with Crippen molar-refractivity contribution in [2.45, 2.75) is 19.8 Å². The molecule has 2 rings (SSSR count). The Morgan fingerprint density at radius 3 is 2.58 bits per heavy atom. The van der Waals surface area contributed by atoms with Crippen LogP contribution in [0.25, 0.3) is 0 Å². The molecule has 0 aliphatic carbocycles. The zero-order chi connectivity index (χ0) is 17.5. The largest absolute Gasteiger partial charge is 0.493 e. The van der Waals surface area contributed by atoms with Gasteiger partial charge in [-0.1, -0.05) is 38.1 Å². The minimum Gasteiger partial charge on any atom is -0.493 e. The molecule has 126 valence electrons. The molecule has 0 aromatic heterocycles. The standard InChI is InChI=1S/C19H21NO4/c1-13(2)15-8-4-5-9-16(15)20-18(22)12-24-19-14(11-21)7-6-10-17(19)23-3/h4-11,13H,12H2,1-3H3,(H,20,22). The molecule has 0 fully saturated rings. The lowest BCUT2D eigenvalue weighted by molar-refractivity contribution is -0.118. The van der Waals surface area contributed by atoms with E-state index in [-0.39, 0.29) is 18.3 Å². The van der Waals surface area contributed by atoms with Crippen LogP contribution in [0, 0.1) is 0 Å². The number of anilines is 1. The van der Waals surface area contributed by atoms with Crippen molar-refractivity contribution in [1.82, 2.24) is 0 Å². The van der Waals surface area contributed by atoms with Gasteiger partial charge in [-0.15, -0.1) is 0 Å². The van der Waals surface area contributed by atoms with Gasteiger partial charge in [-0.05, 0) is 29.7 Å². The minimum atomic E-state index is -0.300. The number of ether oxygens (including phenoxy) is 2. The molecule has 0 bridgehead atoms. The molecule has 1 N–H and O–H groups in total. The van der Waals surface area contributed by atoms with Crippen molar-refractivity contribution < 1.29 is 19.1 Å².